The molecule has 0 spiro atoms. The molecule has 0 fully saturated rings. The second-order valence-electron chi connectivity index (χ2n) is 3.19. The van der Waals surface area contributed by atoms with E-state index in [0.717, 1.165) is 0 Å². The number of methoxy groups -OCH3 is 1. The Morgan fingerprint density at radius 2 is 2.29 bits per heavy atom. The average molecular weight is 321 g/mol. The molecule has 0 N–H and O–H groups in total. The minimum atomic E-state index is -0.419. The molecule has 7 heteroatoms. The van der Waals surface area contributed by atoms with Crippen molar-refractivity contribution >= 4 is 27.5 Å². The second kappa shape index (κ2) is 5.01. The normalized spacial score (nSPS) is 10.6. The standard InChI is InChI=1S/C10H8BrClFN3O/c1-17-6-2-3-7(13)9(4-6)16-10(11)8(5-12)14-15-16/h2-4H,5H2,1H3. The molecule has 0 saturated carbocycles. The van der Waals surface area contributed by atoms with Crippen molar-refractivity contribution in [1.82, 2.24) is 15.0 Å². The topological polar surface area (TPSA) is 39.9 Å². The molecule has 0 atom stereocenters. The van der Waals surface area contributed by atoms with Gasteiger partial charge in [0, 0.05) is 6.07 Å². The summed E-state index contributed by atoms with van der Waals surface area (Å²) < 4.78 is 20.6. The molecule has 0 saturated heterocycles. The van der Waals surface area contributed by atoms with Gasteiger partial charge in [-0.3, -0.25) is 0 Å². The highest BCUT2D eigenvalue weighted by Gasteiger charge is 2.14. The van der Waals surface area contributed by atoms with Crippen LogP contribution < -0.4 is 4.74 Å². The zero-order valence-electron chi connectivity index (χ0n) is 8.82. The molecule has 2 rings (SSSR count). The quantitative estimate of drug-likeness (QED) is 0.816. The molecule has 0 aliphatic carbocycles. The van der Waals surface area contributed by atoms with Crippen LogP contribution in [0.2, 0.25) is 0 Å². The van der Waals surface area contributed by atoms with Crippen molar-refractivity contribution in [2.75, 3.05) is 7.11 Å². The molecular formula is C10H8BrClFN3O. The average Bonchev–Trinajstić information content (AvgIpc) is 2.71. The van der Waals surface area contributed by atoms with Gasteiger partial charge in [0.25, 0.3) is 0 Å². The van der Waals surface area contributed by atoms with Crippen LogP contribution in [0.5, 0.6) is 5.75 Å². The molecule has 17 heavy (non-hydrogen) atoms. The molecule has 0 radical (unpaired) electrons. The van der Waals surface area contributed by atoms with Gasteiger partial charge in [-0.05, 0) is 28.1 Å². The van der Waals surface area contributed by atoms with Crippen LogP contribution in [-0.4, -0.2) is 22.1 Å². The number of hydrogen-bond acceptors (Lipinski definition) is 3. The Hall–Kier alpha value is -1.14. The van der Waals surface area contributed by atoms with Crippen LogP contribution in [0.4, 0.5) is 4.39 Å². The van der Waals surface area contributed by atoms with Crippen molar-refractivity contribution in [2.24, 2.45) is 0 Å². The van der Waals surface area contributed by atoms with E-state index in [4.69, 9.17) is 16.3 Å². The number of rotatable bonds is 3. The zero-order valence-corrected chi connectivity index (χ0v) is 11.2. The Labute approximate surface area is 110 Å². The van der Waals surface area contributed by atoms with Gasteiger partial charge in [-0.15, -0.1) is 16.7 Å². The maximum absolute atomic E-state index is 13.7. The number of ether oxygens (including phenoxy) is 1. The first-order chi connectivity index (χ1) is 8.17. The summed E-state index contributed by atoms with van der Waals surface area (Å²) in [5.74, 6) is 0.320. The lowest BCUT2D eigenvalue weighted by Crippen LogP contribution is -2.01. The number of aromatic nitrogens is 3. The highest BCUT2D eigenvalue weighted by molar-refractivity contribution is 9.10. The van der Waals surface area contributed by atoms with Crippen LogP contribution in [0.25, 0.3) is 5.69 Å². The van der Waals surface area contributed by atoms with Crippen molar-refractivity contribution in [1.29, 1.82) is 0 Å². The monoisotopic (exact) mass is 319 g/mol. The third-order valence-corrected chi connectivity index (χ3v) is 3.23. The Morgan fingerprint density at radius 1 is 1.53 bits per heavy atom. The first-order valence-electron chi connectivity index (χ1n) is 4.67. The van der Waals surface area contributed by atoms with Crippen molar-refractivity contribution < 1.29 is 9.13 Å². The smallest absolute Gasteiger partial charge is 0.149 e. The first-order valence-corrected chi connectivity index (χ1v) is 6.00. The van der Waals surface area contributed by atoms with Gasteiger partial charge in [-0.1, -0.05) is 5.21 Å². The number of alkyl halides is 1. The van der Waals surface area contributed by atoms with E-state index in [1.807, 2.05) is 0 Å². The minimum absolute atomic E-state index is 0.201. The van der Waals surface area contributed by atoms with Crippen LogP contribution in [0.3, 0.4) is 0 Å². The summed E-state index contributed by atoms with van der Waals surface area (Å²) in [6, 6.07) is 4.38. The Balaban J connectivity index is 2.55. The predicted octanol–water partition coefficient (Wildman–Crippen LogP) is 2.92. The Kier molecular flexibility index (Phi) is 3.63. The van der Waals surface area contributed by atoms with Crippen LogP contribution in [-0.2, 0) is 5.88 Å². The predicted molar refractivity (Wildman–Crippen MR) is 65.1 cm³/mol. The highest BCUT2D eigenvalue weighted by atomic mass is 79.9. The lowest BCUT2D eigenvalue weighted by molar-refractivity contribution is 0.413. The van der Waals surface area contributed by atoms with E-state index in [1.165, 1.54) is 30.0 Å². The fourth-order valence-electron chi connectivity index (χ4n) is 1.32. The van der Waals surface area contributed by atoms with E-state index in [9.17, 15) is 4.39 Å². The molecule has 0 amide bonds. The van der Waals surface area contributed by atoms with E-state index in [0.29, 0.717) is 16.0 Å². The van der Waals surface area contributed by atoms with Crippen LogP contribution in [0.15, 0.2) is 22.8 Å². The molecule has 2 aromatic rings. The molecule has 4 nitrogen and oxygen atoms in total. The third kappa shape index (κ3) is 2.28. The lowest BCUT2D eigenvalue weighted by atomic mass is 10.3. The minimum Gasteiger partial charge on any atom is -0.497 e. The summed E-state index contributed by atoms with van der Waals surface area (Å²) in [5.41, 5.74) is 0.800. The zero-order chi connectivity index (χ0) is 12.4. The highest BCUT2D eigenvalue weighted by Crippen LogP contribution is 2.25. The Bertz CT molecular complexity index is 546. The summed E-state index contributed by atoms with van der Waals surface area (Å²) in [7, 11) is 1.51. The second-order valence-corrected chi connectivity index (χ2v) is 4.21. The molecular weight excluding hydrogens is 312 g/mol. The first kappa shape index (κ1) is 12.3. The lowest BCUT2D eigenvalue weighted by Gasteiger charge is -2.06. The molecule has 0 aliphatic heterocycles. The number of nitrogens with zero attached hydrogens (tertiary/aromatic N) is 3. The fourth-order valence-corrected chi connectivity index (χ4v) is 2.14. The van der Waals surface area contributed by atoms with Gasteiger partial charge in [0.2, 0.25) is 0 Å². The third-order valence-electron chi connectivity index (χ3n) is 2.19. The van der Waals surface area contributed by atoms with Gasteiger partial charge < -0.3 is 4.74 Å². The van der Waals surface area contributed by atoms with Gasteiger partial charge in [0.05, 0.1) is 13.0 Å². The summed E-state index contributed by atoms with van der Waals surface area (Å²) >= 11 is 8.94. The molecule has 90 valence electrons. The maximum atomic E-state index is 13.7. The van der Waals surface area contributed by atoms with Gasteiger partial charge in [-0.25, -0.2) is 9.07 Å². The number of halogens is 3. The maximum Gasteiger partial charge on any atom is 0.149 e. The fraction of sp³-hybridized carbons (Fsp3) is 0.200. The van der Waals surface area contributed by atoms with Crippen molar-refractivity contribution in [2.45, 2.75) is 5.88 Å². The number of benzene rings is 1. The van der Waals surface area contributed by atoms with Gasteiger partial charge in [-0.2, -0.15) is 0 Å². The summed E-state index contributed by atoms with van der Waals surface area (Å²) in [4.78, 5) is 0. The van der Waals surface area contributed by atoms with Crippen molar-refractivity contribution in [3.63, 3.8) is 0 Å². The molecule has 0 unspecified atom stereocenters. The SMILES string of the molecule is COc1ccc(F)c(-n2nnc(CCl)c2Br)c1. The molecule has 1 aromatic carbocycles. The van der Waals surface area contributed by atoms with Gasteiger partial charge in [0.15, 0.2) is 0 Å². The summed E-state index contributed by atoms with van der Waals surface area (Å²) in [6.07, 6.45) is 0. The van der Waals surface area contributed by atoms with Crippen molar-refractivity contribution in [3.05, 3.63) is 34.3 Å². The van der Waals surface area contributed by atoms with E-state index in [1.54, 1.807) is 0 Å². The van der Waals surface area contributed by atoms with Crippen molar-refractivity contribution in [3.8, 4) is 11.4 Å². The van der Waals surface area contributed by atoms with E-state index in [-0.39, 0.29) is 11.6 Å². The van der Waals surface area contributed by atoms with Gasteiger partial charge >= 0.3 is 0 Å². The van der Waals surface area contributed by atoms with E-state index in [2.05, 4.69) is 26.2 Å². The largest absolute Gasteiger partial charge is 0.497 e. The molecule has 0 aliphatic rings. The van der Waals surface area contributed by atoms with Crippen LogP contribution >= 0.6 is 27.5 Å². The number of hydrogen-bond donors (Lipinski definition) is 0. The molecule has 0 bridgehead atoms. The van der Waals surface area contributed by atoms with Crippen LogP contribution in [0.1, 0.15) is 5.69 Å². The van der Waals surface area contributed by atoms with E-state index >= 15 is 0 Å². The molecule has 1 heterocycles. The summed E-state index contributed by atoms with van der Waals surface area (Å²) in [5, 5.41) is 7.67. The summed E-state index contributed by atoms with van der Waals surface area (Å²) in [6.45, 7) is 0. The molecule has 1 aromatic heterocycles. The van der Waals surface area contributed by atoms with E-state index < -0.39 is 5.82 Å². The van der Waals surface area contributed by atoms with Gasteiger partial charge in [0.1, 0.15) is 27.6 Å². The Morgan fingerprint density at radius 3 is 2.88 bits per heavy atom. The van der Waals surface area contributed by atoms with Crippen LogP contribution in [0, 0.1) is 5.82 Å².